The van der Waals surface area contributed by atoms with Crippen molar-refractivity contribution in [2.24, 2.45) is 11.5 Å². The van der Waals surface area contributed by atoms with E-state index in [0.29, 0.717) is 11.3 Å². The summed E-state index contributed by atoms with van der Waals surface area (Å²) in [7, 11) is 0. The van der Waals surface area contributed by atoms with E-state index in [1.165, 1.54) is 11.8 Å². The number of aliphatic carboxylic acids is 2. The Labute approximate surface area is 211 Å². The minimum atomic E-state index is -1.52. The van der Waals surface area contributed by atoms with Crippen molar-refractivity contribution in [3.63, 3.8) is 0 Å². The Bertz CT molecular complexity index is 946. The van der Waals surface area contributed by atoms with Gasteiger partial charge in [-0.05, 0) is 24.0 Å². The largest absolute Gasteiger partial charge is 0.481 e. The first-order valence-electron chi connectivity index (χ1n) is 10.9. The number of primary amides is 1. The van der Waals surface area contributed by atoms with Crippen molar-refractivity contribution in [1.82, 2.24) is 16.0 Å². The number of benzene rings is 1. The van der Waals surface area contributed by atoms with E-state index < -0.39 is 72.6 Å². The molecule has 0 aliphatic carbocycles. The third kappa shape index (κ3) is 11.2. The lowest BCUT2D eigenvalue weighted by Crippen LogP contribution is -2.58. The van der Waals surface area contributed by atoms with Crippen molar-refractivity contribution in [2.45, 2.75) is 49.9 Å². The van der Waals surface area contributed by atoms with Gasteiger partial charge in [0.15, 0.2) is 0 Å². The van der Waals surface area contributed by atoms with Crippen LogP contribution in [-0.2, 0) is 35.2 Å². The van der Waals surface area contributed by atoms with Crippen LogP contribution in [0.15, 0.2) is 30.3 Å². The van der Waals surface area contributed by atoms with Crippen LogP contribution in [0.2, 0.25) is 0 Å². The third-order valence-corrected chi connectivity index (χ3v) is 5.55. The van der Waals surface area contributed by atoms with Crippen LogP contribution in [0.3, 0.4) is 0 Å². The Balaban J connectivity index is 2.99. The van der Waals surface area contributed by atoms with Gasteiger partial charge in [0.1, 0.15) is 18.1 Å². The minimum absolute atomic E-state index is 0.0486. The Hall–Kier alpha value is -3.65. The molecule has 0 radical (unpaired) electrons. The monoisotopic (exact) mass is 525 g/mol. The second-order valence-electron chi connectivity index (χ2n) is 7.87. The van der Waals surface area contributed by atoms with Crippen LogP contribution in [0, 0.1) is 0 Å². The molecular formula is C22H31N5O8S. The SMILES string of the molecule is CSCCC(NC(=O)C(N)CC(=O)O)C(=O)NC(CC(N)=O)C(=O)NC(Cc1ccccc1)C(=O)O. The molecule has 1 rings (SSSR count). The van der Waals surface area contributed by atoms with Crippen molar-refractivity contribution in [3.05, 3.63) is 35.9 Å². The van der Waals surface area contributed by atoms with Crippen molar-refractivity contribution in [3.8, 4) is 0 Å². The molecule has 9 N–H and O–H groups in total. The molecule has 0 fully saturated rings. The highest BCUT2D eigenvalue weighted by molar-refractivity contribution is 7.98. The van der Waals surface area contributed by atoms with Gasteiger partial charge in [-0.15, -0.1) is 0 Å². The molecule has 0 aromatic heterocycles. The van der Waals surface area contributed by atoms with Crippen LogP contribution in [-0.4, -0.2) is 82.0 Å². The molecule has 4 unspecified atom stereocenters. The summed E-state index contributed by atoms with van der Waals surface area (Å²) >= 11 is 1.37. The molecule has 0 spiro atoms. The van der Waals surface area contributed by atoms with Gasteiger partial charge in [0.05, 0.1) is 18.9 Å². The molecule has 1 aromatic rings. The smallest absolute Gasteiger partial charge is 0.326 e. The highest BCUT2D eigenvalue weighted by Crippen LogP contribution is 2.06. The zero-order chi connectivity index (χ0) is 27.3. The molecule has 36 heavy (non-hydrogen) atoms. The fourth-order valence-electron chi connectivity index (χ4n) is 3.07. The van der Waals surface area contributed by atoms with E-state index in [9.17, 15) is 33.9 Å². The molecule has 0 bridgehead atoms. The normalized spacial score (nSPS) is 13.9. The Morgan fingerprint density at radius 2 is 1.42 bits per heavy atom. The van der Waals surface area contributed by atoms with Crippen LogP contribution >= 0.6 is 11.8 Å². The second-order valence-corrected chi connectivity index (χ2v) is 8.85. The van der Waals surface area contributed by atoms with E-state index in [1.807, 2.05) is 0 Å². The zero-order valence-electron chi connectivity index (χ0n) is 19.6. The number of nitrogens with one attached hydrogen (secondary N) is 3. The van der Waals surface area contributed by atoms with Crippen LogP contribution in [0.5, 0.6) is 0 Å². The van der Waals surface area contributed by atoms with E-state index in [0.717, 1.165) is 0 Å². The average molecular weight is 526 g/mol. The number of amides is 4. The maximum atomic E-state index is 12.9. The molecule has 14 heteroatoms. The molecule has 4 amide bonds. The average Bonchev–Trinajstić information content (AvgIpc) is 2.80. The van der Waals surface area contributed by atoms with Crippen molar-refractivity contribution in [1.29, 1.82) is 0 Å². The van der Waals surface area contributed by atoms with Gasteiger partial charge in [0, 0.05) is 6.42 Å². The standard InChI is InChI=1S/C22H31N5O8S/c1-36-8-7-14(25-19(31)13(23)10-18(29)30)20(32)26-15(11-17(24)28)21(33)27-16(22(34)35)9-12-5-3-2-4-6-12/h2-6,13-16H,7-11,23H2,1H3,(H2,24,28)(H,25,31)(H,26,32)(H,27,33)(H,29,30)(H,34,35). The molecule has 198 valence electrons. The topological polar surface area (TPSA) is 231 Å². The first-order valence-corrected chi connectivity index (χ1v) is 12.3. The number of hydrogen-bond donors (Lipinski definition) is 7. The van der Waals surface area contributed by atoms with Gasteiger partial charge in [0.25, 0.3) is 0 Å². The highest BCUT2D eigenvalue weighted by atomic mass is 32.2. The fraction of sp³-hybridized carbons (Fsp3) is 0.455. The van der Waals surface area contributed by atoms with E-state index >= 15 is 0 Å². The maximum absolute atomic E-state index is 12.9. The number of hydrogen-bond acceptors (Lipinski definition) is 8. The molecule has 0 heterocycles. The lowest BCUT2D eigenvalue weighted by Gasteiger charge is -2.24. The molecule has 0 saturated carbocycles. The highest BCUT2D eigenvalue weighted by Gasteiger charge is 2.31. The van der Waals surface area contributed by atoms with Gasteiger partial charge in [-0.25, -0.2) is 4.79 Å². The molecule has 1 aromatic carbocycles. The summed E-state index contributed by atoms with van der Waals surface area (Å²) in [5.74, 6) is -5.84. The van der Waals surface area contributed by atoms with Crippen LogP contribution in [0.4, 0.5) is 0 Å². The van der Waals surface area contributed by atoms with Gasteiger partial charge in [-0.2, -0.15) is 11.8 Å². The number of carboxylic acid groups (broad SMARTS) is 2. The van der Waals surface area contributed by atoms with Gasteiger partial charge < -0.3 is 37.6 Å². The molecule has 0 aliphatic rings. The Morgan fingerprint density at radius 3 is 1.94 bits per heavy atom. The second kappa shape index (κ2) is 15.4. The first kappa shape index (κ1) is 30.4. The van der Waals surface area contributed by atoms with E-state index in [2.05, 4.69) is 16.0 Å². The molecule has 13 nitrogen and oxygen atoms in total. The number of rotatable bonds is 16. The predicted molar refractivity (Wildman–Crippen MR) is 131 cm³/mol. The number of thioether (sulfide) groups is 1. The van der Waals surface area contributed by atoms with Crippen molar-refractivity contribution < 1.29 is 39.0 Å². The van der Waals surface area contributed by atoms with Gasteiger partial charge in [0.2, 0.25) is 23.6 Å². The molecular weight excluding hydrogens is 494 g/mol. The summed E-state index contributed by atoms with van der Waals surface area (Å²) in [6.07, 6.45) is 0.529. The van der Waals surface area contributed by atoms with Gasteiger partial charge >= 0.3 is 11.9 Å². The van der Waals surface area contributed by atoms with Crippen LogP contribution in [0.25, 0.3) is 0 Å². The summed E-state index contributed by atoms with van der Waals surface area (Å²) in [5, 5.41) is 25.3. The summed E-state index contributed by atoms with van der Waals surface area (Å²) in [6, 6.07) is 3.03. The molecule has 4 atom stereocenters. The fourth-order valence-corrected chi connectivity index (χ4v) is 3.54. The van der Waals surface area contributed by atoms with Gasteiger partial charge in [-0.1, -0.05) is 30.3 Å². The van der Waals surface area contributed by atoms with E-state index in [-0.39, 0.29) is 12.8 Å². The molecule has 0 aliphatic heterocycles. The first-order chi connectivity index (χ1) is 16.9. The Kier molecular flexibility index (Phi) is 13.0. The van der Waals surface area contributed by atoms with Crippen molar-refractivity contribution in [2.75, 3.05) is 12.0 Å². The van der Waals surface area contributed by atoms with E-state index in [1.54, 1.807) is 36.6 Å². The lowest BCUT2D eigenvalue weighted by molar-refractivity contribution is -0.142. The maximum Gasteiger partial charge on any atom is 0.326 e. The third-order valence-electron chi connectivity index (χ3n) is 4.91. The molecule has 0 saturated heterocycles. The summed E-state index contributed by atoms with van der Waals surface area (Å²) < 4.78 is 0. The number of carbonyl (C=O) groups excluding carboxylic acids is 4. The van der Waals surface area contributed by atoms with E-state index in [4.69, 9.17) is 16.6 Å². The van der Waals surface area contributed by atoms with Crippen molar-refractivity contribution >= 4 is 47.3 Å². The summed E-state index contributed by atoms with van der Waals surface area (Å²) in [4.78, 5) is 72.0. The van der Waals surface area contributed by atoms with Gasteiger partial charge in [-0.3, -0.25) is 24.0 Å². The lowest BCUT2D eigenvalue weighted by atomic mass is 10.0. The number of carboxylic acids is 2. The Morgan fingerprint density at radius 1 is 0.861 bits per heavy atom. The summed E-state index contributed by atoms with van der Waals surface area (Å²) in [6.45, 7) is 0. The number of nitrogens with two attached hydrogens (primary N) is 2. The van der Waals surface area contributed by atoms with Crippen LogP contribution in [0.1, 0.15) is 24.8 Å². The van der Waals surface area contributed by atoms with Crippen LogP contribution < -0.4 is 27.4 Å². The predicted octanol–water partition coefficient (Wildman–Crippen LogP) is -1.80. The number of carbonyl (C=O) groups is 6. The zero-order valence-corrected chi connectivity index (χ0v) is 20.5. The summed E-state index contributed by atoms with van der Waals surface area (Å²) in [5.41, 5.74) is 11.4. The minimum Gasteiger partial charge on any atom is -0.481 e. The quantitative estimate of drug-likeness (QED) is 0.128.